The predicted molar refractivity (Wildman–Crippen MR) is 87.0 cm³/mol. The standard InChI is InChI=1S/C17H16ClNO4/c18-8-13(20)12-6-7-14(16-17(12)23-10-15(21)19-16)22-9-11-4-2-1-3-5-11/h1-7,13,20H,8-10H2,(H,19,21)/t13-/m0/s1. The van der Waals surface area contributed by atoms with Gasteiger partial charge in [-0.3, -0.25) is 4.79 Å². The molecule has 0 saturated heterocycles. The first-order valence-electron chi connectivity index (χ1n) is 7.19. The molecule has 1 aliphatic heterocycles. The van der Waals surface area contributed by atoms with Gasteiger partial charge in [-0.2, -0.15) is 0 Å². The molecule has 2 aromatic carbocycles. The van der Waals surface area contributed by atoms with Crippen molar-refractivity contribution < 1.29 is 19.4 Å². The summed E-state index contributed by atoms with van der Waals surface area (Å²) < 4.78 is 11.3. The zero-order chi connectivity index (χ0) is 16.2. The van der Waals surface area contributed by atoms with E-state index in [1.54, 1.807) is 12.1 Å². The van der Waals surface area contributed by atoms with E-state index in [4.69, 9.17) is 21.1 Å². The molecule has 120 valence electrons. The highest BCUT2D eigenvalue weighted by atomic mass is 35.5. The first-order chi connectivity index (χ1) is 11.2. The Kier molecular flexibility index (Phi) is 4.69. The zero-order valence-electron chi connectivity index (χ0n) is 12.3. The number of hydrogen-bond acceptors (Lipinski definition) is 4. The lowest BCUT2D eigenvalue weighted by Gasteiger charge is -2.24. The highest BCUT2D eigenvalue weighted by Crippen LogP contribution is 2.42. The average Bonchev–Trinajstić information content (AvgIpc) is 2.59. The summed E-state index contributed by atoms with van der Waals surface area (Å²) in [5.41, 5.74) is 1.97. The van der Waals surface area contributed by atoms with E-state index in [0.717, 1.165) is 5.56 Å². The highest BCUT2D eigenvalue weighted by Gasteiger charge is 2.26. The smallest absolute Gasteiger partial charge is 0.262 e. The van der Waals surface area contributed by atoms with Gasteiger partial charge in [-0.1, -0.05) is 30.3 Å². The van der Waals surface area contributed by atoms with Crippen molar-refractivity contribution in [1.82, 2.24) is 0 Å². The Morgan fingerprint density at radius 1 is 1.26 bits per heavy atom. The first-order valence-corrected chi connectivity index (χ1v) is 7.73. The molecule has 23 heavy (non-hydrogen) atoms. The monoisotopic (exact) mass is 333 g/mol. The Labute approximate surface area is 138 Å². The lowest BCUT2D eigenvalue weighted by Crippen LogP contribution is -2.27. The van der Waals surface area contributed by atoms with Gasteiger partial charge in [0.1, 0.15) is 18.0 Å². The third-order valence-electron chi connectivity index (χ3n) is 3.50. The molecular formula is C17H16ClNO4. The van der Waals surface area contributed by atoms with Gasteiger partial charge in [0.15, 0.2) is 12.4 Å². The van der Waals surface area contributed by atoms with Crippen LogP contribution in [-0.2, 0) is 11.4 Å². The van der Waals surface area contributed by atoms with Gasteiger partial charge in [-0.05, 0) is 17.7 Å². The largest absolute Gasteiger partial charge is 0.487 e. The minimum absolute atomic E-state index is 0.0357. The number of aliphatic hydroxyl groups excluding tert-OH is 1. The molecule has 1 heterocycles. The van der Waals surface area contributed by atoms with E-state index < -0.39 is 6.10 Å². The van der Waals surface area contributed by atoms with Crippen LogP contribution < -0.4 is 14.8 Å². The van der Waals surface area contributed by atoms with Crippen LogP contribution in [0.5, 0.6) is 11.5 Å². The summed E-state index contributed by atoms with van der Waals surface area (Å²) in [4.78, 5) is 11.6. The Morgan fingerprint density at radius 2 is 2.04 bits per heavy atom. The molecule has 5 nitrogen and oxygen atoms in total. The number of benzene rings is 2. The van der Waals surface area contributed by atoms with Gasteiger partial charge in [0.2, 0.25) is 0 Å². The fourth-order valence-corrected chi connectivity index (χ4v) is 2.54. The number of hydrogen-bond donors (Lipinski definition) is 2. The van der Waals surface area contributed by atoms with E-state index in [1.165, 1.54) is 0 Å². The van der Waals surface area contributed by atoms with Crippen molar-refractivity contribution in [3.8, 4) is 11.5 Å². The molecular weight excluding hydrogens is 318 g/mol. The molecule has 0 saturated carbocycles. The van der Waals surface area contributed by atoms with Crippen molar-refractivity contribution in [2.24, 2.45) is 0 Å². The summed E-state index contributed by atoms with van der Waals surface area (Å²) in [7, 11) is 0. The molecule has 0 aromatic heterocycles. The maximum absolute atomic E-state index is 11.6. The van der Waals surface area contributed by atoms with E-state index in [0.29, 0.717) is 29.4 Å². The second kappa shape index (κ2) is 6.89. The van der Waals surface area contributed by atoms with Crippen LogP contribution in [0.1, 0.15) is 17.2 Å². The Hall–Kier alpha value is -2.24. The quantitative estimate of drug-likeness (QED) is 0.826. The number of carbonyl (C=O) groups is 1. The molecule has 0 bridgehead atoms. The molecule has 0 unspecified atom stereocenters. The van der Waals surface area contributed by atoms with Crippen LogP contribution in [0.25, 0.3) is 0 Å². The molecule has 0 spiro atoms. The number of carbonyl (C=O) groups excluding carboxylic acids is 1. The van der Waals surface area contributed by atoms with E-state index in [1.807, 2.05) is 30.3 Å². The van der Waals surface area contributed by atoms with Gasteiger partial charge in [0, 0.05) is 5.56 Å². The topological polar surface area (TPSA) is 67.8 Å². The minimum Gasteiger partial charge on any atom is -0.487 e. The van der Waals surface area contributed by atoms with Crippen molar-refractivity contribution >= 4 is 23.2 Å². The maximum atomic E-state index is 11.6. The summed E-state index contributed by atoms with van der Waals surface area (Å²) in [5, 5.41) is 12.7. The maximum Gasteiger partial charge on any atom is 0.262 e. The number of amides is 1. The third kappa shape index (κ3) is 3.41. The predicted octanol–water partition coefficient (Wildman–Crippen LogP) is 2.87. The molecule has 6 heteroatoms. The fraction of sp³-hybridized carbons (Fsp3) is 0.235. The third-order valence-corrected chi connectivity index (χ3v) is 3.80. The van der Waals surface area contributed by atoms with Gasteiger partial charge in [0.05, 0.1) is 12.0 Å². The number of anilines is 1. The number of halogens is 1. The number of nitrogens with one attached hydrogen (secondary N) is 1. The molecule has 0 fully saturated rings. The molecule has 2 aromatic rings. The van der Waals surface area contributed by atoms with E-state index in [2.05, 4.69) is 5.32 Å². The second-order valence-corrected chi connectivity index (χ2v) is 5.45. The van der Waals surface area contributed by atoms with Gasteiger partial charge < -0.3 is 19.9 Å². The number of aliphatic hydroxyl groups is 1. The van der Waals surface area contributed by atoms with Gasteiger partial charge in [-0.15, -0.1) is 11.6 Å². The molecule has 0 radical (unpaired) electrons. The molecule has 0 aliphatic carbocycles. The summed E-state index contributed by atoms with van der Waals surface area (Å²) >= 11 is 5.71. The number of fused-ring (bicyclic) bond motifs is 1. The fourth-order valence-electron chi connectivity index (χ4n) is 2.37. The molecule has 3 rings (SSSR count). The van der Waals surface area contributed by atoms with E-state index >= 15 is 0 Å². The number of ether oxygens (including phenoxy) is 2. The van der Waals surface area contributed by atoms with Crippen molar-refractivity contribution in [3.05, 3.63) is 53.6 Å². The molecule has 1 amide bonds. The first kappa shape index (κ1) is 15.6. The summed E-state index contributed by atoms with van der Waals surface area (Å²) in [6, 6.07) is 13.1. The van der Waals surface area contributed by atoms with Crippen LogP contribution in [0.15, 0.2) is 42.5 Å². The van der Waals surface area contributed by atoms with Crippen molar-refractivity contribution in [1.29, 1.82) is 0 Å². The van der Waals surface area contributed by atoms with Crippen molar-refractivity contribution in [2.45, 2.75) is 12.7 Å². The van der Waals surface area contributed by atoms with Gasteiger partial charge >= 0.3 is 0 Å². The molecule has 1 atom stereocenters. The average molecular weight is 334 g/mol. The Morgan fingerprint density at radius 3 is 2.78 bits per heavy atom. The summed E-state index contributed by atoms with van der Waals surface area (Å²) in [5.74, 6) is 0.666. The molecule has 2 N–H and O–H groups in total. The second-order valence-electron chi connectivity index (χ2n) is 5.14. The normalized spacial score (nSPS) is 14.4. The Balaban J connectivity index is 1.90. The SMILES string of the molecule is O=C1COc2c([C@@H](O)CCl)ccc(OCc3ccccc3)c2N1. The number of rotatable bonds is 5. The van der Waals surface area contributed by atoms with Crippen LogP contribution in [0.2, 0.25) is 0 Å². The van der Waals surface area contributed by atoms with E-state index in [-0.39, 0.29) is 18.4 Å². The van der Waals surface area contributed by atoms with Crippen LogP contribution in [0, 0.1) is 0 Å². The van der Waals surface area contributed by atoms with Crippen molar-refractivity contribution in [3.63, 3.8) is 0 Å². The molecule has 1 aliphatic rings. The van der Waals surface area contributed by atoms with Crippen LogP contribution >= 0.6 is 11.6 Å². The zero-order valence-corrected chi connectivity index (χ0v) is 13.0. The highest BCUT2D eigenvalue weighted by molar-refractivity contribution is 6.18. The van der Waals surface area contributed by atoms with Gasteiger partial charge in [-0.25, -0.2) is 0 Å². The lowest BCUT2D eigenvalue weighted by molar-refractivity contribution is -0.118. The Bertz CT molecular complexity index is 705. The number of alkyl halides is 1. The van der Waals surface area contributed by atoms with E-state index in [9.17, 15) is 9.90 Å². The van der Waals surface area contributed by atoms with Crippen LogP contribution in [-0.4, -0.2) is 23.5 Å². The van der Waals surface area contributed by atoms with Gasteiger partial charge in [0.25, 0.3) is 5.91 Å². The van der Waals surface area contributed by atoms with Crippen molar-refractivity contribution in [2.75, 3.05) is 17.8 Å². The summed E-state index contributed by atoms with van der Waals surface area (Å²) in [6.45, 7) is 0.262. The van der Waals surface area contributed by atoms with Crippen LogP contribution in [0.4, 0.5) is 5.69 Å². The lowest BCUT2D eigenvalue weighted by atomic mass is 10.1. The van der Waals surface area contributed by atoms with Crippen LogP contribution in [0.3, 0.4) is 0 Å². The summed E-state index contributed by atoms with van der Waals surface area (Å²) in [6.07, 6.45) is -0.872. The minimum atomic E-state index is -0.872.